The van der Waals surface area contributed by atoms with Crippen LogP contribution in [-0.2, 0) is 14.3 Å². The van der Waals surface area contributed by atoms with Crippen molar-refractivity contribution in [2.24, 2.45) is 0 Å². The molecule has 0 saturated carbocycles. The topological polar surface area (TPSA) is 107 Å². The van der Waals surface area contributed by atoms with Crippen molar-refractivity contribution in [3.05, 3.63) is 88.5 Å². The second-order valence-corrected chi connectivity index (χ2v) is 8.59. The lowest BCUT2D eigenvalue weighted by Crippen LogP contribution is -2.22. The van der Waals surface area contributed by atoms with Crippen LogP contribution in [0, 0.1) is 6.92 Å². The average molecular weight is 438 g/mol. The van der Waals surface area contributed by atoms with E-state index < -0.39 is 21.7 Å². The third-order valence-electron chi connectivity index (χ3n) is 4.90. The Kier molecular flexibility index (Phi) is 5.34. The van der Waals surface area contributed by atoms with E-state index >= 15 is 0 Å². The van der Waals surface area contributed by atoms with Gasteiger partial charge in [0.1, 0.15) is 24.7 Å². The number of fused-ring (bicyclic) bond motifs is 2. The zero-order valence-electron chi connectivity index (χ0n) is 16.5. The number of aromatic hydroxyl groups is 1. The Labute approximate surface area is 179 Å². The van der Waals surface area contributed by atoms with Crippen LogP contribution in [0.3, 0.4) is 0 Å². The van der Waals surface area contributed by atoms with Crippen LogP contribution in [0.2, 0.25) is 0 Å². The van der Waals surface area contributed by atoms with Crippen molar-refractivity contribution in [2.75, 3.05) is 13.2 Å². The molecule has 0 radical (unpaired) electrons. The molecule has 0 amide bonds. The molecule has 0 aromatic heterocycles. The molecule has 7 nitrogen and oxygen atoms in total. The van der Waals surface area contributed by atoms with Crippen LogP contribution in [0.4, 0.5) is 0 Å². The van der Waals surface area contributed by atoms with E-state index in [1.165, 1.54) is 36.4 Å². The SMILES string of the molecule is Cc1ccc(S(=O)(=O)OCCOc2ccc(O)c3c2C(=O)c2ccccc2C3=O)cc1. The molecule has 158 valence electrons. The molecular formula is C23H18O7S. The van der Waals surface area contributed by atoms with E-state index in [2.05, 4.69) is 0 Å². The molecule has 0 heterocycles. The molecule has 0 atom stereocenters. The van der Waals surface area contributed by atoms with E-state index in [0.29, 0.717) is 0 Å². The van der Waals surface area contributed by atoms with Crippen LogP contribution in [0.25, 0.3) is 0 Å². The van der Waals surface area contributed by atoms with Crippen molar-refractivity contribution in [3.8, 4) is 11.5 Å². The summed E-state index contributed by atoms with van der Waals surface area (Å²) in [6.45, 7) is 1.35. The zero-order chi connectivity index (χ0) is 22.2. The third kappa shape index (κ3) is 3.83. The number of ketones is 2. The number of hydrogen-bond acceptors (Lipinski definition) is 7. The molecule has 0 spiro atoms. The molecule has 0 unspecified atom stereocenters. The number of hydrogen-bond donors (Lipinski definition) is 1. The standard InChI is InChI=1S/C23H18O7S/c1-14-6-8-15(9-7-14)31(27,28)30-13-12-29-19-11-10-18(24)20-21(19)23(26)17-5-3-2-4-16(17)22(20)25/h2-11,24H,12-13H2,1H3. The highest BCUT2D eigenvalue weighted by molar-refractivity contribution is 7.86. The van der Waals surface area contributed by atoms with Gasteiger partial charge in [-0.15, -0.1) is 0 Å². The average Bonchev–Trinajstić information content (AvgIpc) is 2.76. The summed E-state index contributed by atoms with van der Waals surface area (Å²) in [6, 6.07) is 15.2. The molecule has 31 heavy (non-hydrogen) atoms. The Bertz CT molecular complexity index is 1290. The van der Waals surface area contributed by atoms with Gasteiger partial charge in [-0.3, -0.25) is 13.8 Å². The Morgan fingerprint density at radius 3 is 2.06 bits per heavy atom. The molecule has 0 aliphatic heterocycles. The lowest BCUT2D eigenvalue weighted by Gasteiger charge is -2.21. The lowest BCUT2D eigenvalue weighted by atomic mass is 9.83. The highest BCUT2D eigenvalue weighted by Crippen LogP contribution is 2.38. The number of carbonyl (C=O) groups is 2. The molecule has 3 aromatic carbocycles. The Hall–Kier alpha value is -3.49. The number of phenols is 1. The van der Waals surface area contributed by atoms with Crippen LogP contribution in [0.15, 0.2) is 65.6 Å². The van der Waals surface area contributed by atoms with Gasteiger partial charge in [-0.25, -0.2) is 0 Å². The molecule has 1 N–H and O–H groups in total. The third-order valence-corrected chi connectivity index (χ3v) is 6.23. The van der Waals surface area contributed by atoms with Gasteiger partial charge in [0.25, 0.3) is 10.1 Å². The van der Waals surface area contributed by atoms with Crippen LogP contribution in [-0.4, -0.2) is 38.3 Å². The summed E-state index contributed by atoms with van der Waals surface area (Å²) in [5.74, 6) is -1.19. The molecule has 0 fully saturated rings. The molecule has 0 bridgehead atoms. The number of aryl methyl sites for hydroxylation is 1. The maximum absolute atomic E-state index is 13.0. The van der Waals surface area contributed by atoms with Gasteiger partial charge >= 0.3 is 0 Å². The van der Waals surface area contributed by atoms with E-state index in [9.17, 15) is 23.1 Å². The summed E-state index contributed by atoms with van der Waals surface area (Å²) in [5, 5.41) is 10.2. The minimum absolute atomic E-state index is 0.0255. The van der Waals surface area contributed by atoms with Crippen molar-refractivity contribution in [3.63, 3.8) is 0 Å². The van der Waals surface area contributed by atoms with Crippen LogP contribution in [0.1, 0.15) is 37.4 Å². The fraction of sp³-hybridized carbons (Fsp3) is 0.130. The minimum Gasteiger partial charge on any atom is -0.507 e. The molecule has 8 heteroatoms. The summed E-state index contributed by atoms with van der Waals surface area (Å²) >= 11 is 0. The maximum Gasteiger partial charge on any atom is 0.297 e. The van der Waals surface area contributed by atoms with Crippen LogP contribution < -0.4 is 4.74 Å². The largest absolute Gasteiger partial charge is 0.507 e. The summed E-state index contributed by atoms with van der Waals surface area (Å²) in [6.07, 6.45) is 0. The first-order valence-electron chi connectivity index (χ1n) is 9.43. The predicted molar refractivity (Wildman–Crippen MR) is 111 cm³/mol. The normalized spacial score (nSPS) is 12.9. The number of phenolic OH excluding ortho intramolecular Hbond substituents is 1. The first-order chi connectivity index (χ1) is 14.8. The second kappa shape index (κ2) is 7.98. The molecular weight excluding hydrogens is 420 g/mol. The van der Waals surface area contributed by atoms with E-state index in [-0.39, 0.29) is 51.9 Å². The fourth-order valence-corrected chi connectivity index (χ4v) is 4.26. The molecule has 1 aliphatic carbocycles. The number of rotatable bonds is 6. The lowest BCUT2D eigenvalue weighted by molar-refractivity contribution is 0.0972. The van der Waals surface area contributed by atoms with Crippen molar-refractivity contribution in [1.82, 2.24) is 0 Å². The minimum atomic E-state index is -3.96. The Morgan fingerprint density at radius 1 is 0.806 bits per heavy atom. The Morgan fingerprint density at radius 2 is 1.42 bits per heavy atom. The summed E-state index contributed by atoms with van der Waals surface area (Å²) in [4.78, 5) is 25.8. The Balaban J connectivity index is 1.52. The highest BCUT2D eigenvalue weighted by atomic mass is 32.2. The maximum atomic E-state index is 13.0. The number of benzene rings is 3. The van der Waals surface area contributed by atoms with Crippen molar-refractivity contribution >= 4 is 21.7 Å². The molecule has 0 saturated heterocycles. The zero-order valence-corrected chi connectivity index (χ0v) is 17.3. The van der Waals surface area contributed by atoms with Gasteiger partial charge in [0.05, 0.1) is 16.0 Å². The van der Waals surface area contributed by atoms with Crippen LogP contribution >= 0.6 is 0 Å². The van der Waals surface area contributed by atoms with E-state index in [1.54, 1.807) is 24.3 Å². The van der Waals surface area contributed by atoms with Gasteiger partial charge in [-0.05, 0) is 31.2 Å². The van der Waals surface area contributed by atoms with Crippen LogP contribution in [0.5, 0.6) is 11.5 Å². The van der Waals surface area contributed by atoms with E-state index in [0.717, 1.165) is 5.56 Å². The van der Waals surface area contributed by atoms with Gasteiger partial charge in [-0.2, -0.15) is 8.42 Å². The predicted octanol–water partition coefficient (Wildman–Crippen LogP) is 3.26. The quantitative estimate of drug-likeness (QED) is 0.364. The van der Waals surface area contributed by atoms with Crippen molar-refractivity contribution in [2.45, 2.75) is 11.8 Å². The van der Waals surface area contributed by atoms with Gasteiger partial charge in [-0.1, -0.05) is 42.0 Å². The first-order valence-corrected chi connectivity index (χ1v) is 10.8. The van der Waals surface area contributed by atoms with E-state index in [4.69, 9.17) is 8.92 Å². The highest BCUT2D eigenvalue weighted by Gasteiger charge is 2.34. The fourth-order valence-electron chi connectivity index (χ4n) is 3.36. The molecule has 4 rings (SSSR count). The summed E-state index contributed by atoms with van der Waals surface area (Å²) < 4.78 is 35.1. The second-order valence-electron chi connectivity index (χ2n) is 6.97. The molecule has 1 aliphatic rings. The van der Waals surface area contributed by atoms with E-state index in [1.807, 2.05) is 6.92 Å². The summed E-state index contributed by atoms with van der Waals surface area (Å²) in [5.41, 5.74) is 1.16. The number of carbonyl (C=O) groups excluding carboxylic acids is 2. The van der Waals surface area contributed by atoms with Crippen molar-refractivity contribution < 1.29 is 32.0 Å². The van der Waals surface area contributed by atoms with Gasteiger partial charge in [0.15, 0.2) is 11.6 Å². The van der Waals surface area contributed by atoms with Gasteiger partial charge in [0, 0.05) is 11.1 Å². The smallest absolute Gasteiger partial charge is 0.297 e. The first kappa shape index (κ1) is 20.8. The van der Waals surface area contributed by atoms with Gasteiger partial charge < -0.3 is 9.84 Å². The molecule has 3 aromatic rings. The van der Waals surface area contributed by atoms with Crippen molar-refractivity contribution in [1.29, 1.82) is 0 Å². The van der Waals surface area contributed by atoms with Gasteiger partial charge in [0.2, 0.25) is 0 Å². The summed E-state index contributed by atoms with van der Waals surface area (Å²) in [7, 11) is -3.96. The number of ether oxygens (including phenoxy) is 1. The monoisotopic (exact) mass is 438 g/mol.